The second-order valence-electron chi connectivity index (χ2n) is 7.40. The number of piperazine rings is 1. The molecule has 2 heterocycles. The smallest absolute Gasteiger partial charge is 0.236 e. The molecule has 3 rings (SSSR count). The van der Waals surface area contributed by atoms with E-state index in [1.54, 1.807) is 12.4 Å². The second-order valence-corrected chi connectivity index (χ2v) is 7.40. The molecule has 27 heavy (non-hydrogen) atoms. The Morgan fingerprint density at radius 1 is 1.07 bits per heavy atom. The summed E-state index contributed by atoms with van der Waals surface area (Å²) in [4.78, 5) is 23.1. The predicted molar refractivity (Wildman–Crippen MR) is 110 cm³/mol. The Morgan fingerprint density at radius 2 is 1.78 bits per heavy atom. The van der Waals surface area contributed by atoms with Gasteiger partial charge in [-0.05, 0) is 55.2 Å². The summed E-state index contributed by atoms with van der Waals surface area (Å²) in [5.41, 5.74) is 5.24. The minimum atomic E-state index is 0.198. The highest BCUT2D eigenvalue weighted by molar-refractivity contribution is 5.78. The Bertz CT molecular complexity index is 754. The average molecular weight is 367 g/mol. The van der Waals surface area contributed by atoms with Crippen molar-refractivity contribution in [3.05, 3.63) is 59.4 Å². The number of aryl methyl sites for hydroxylation is 1. The van der Waals surface area contributed by atoms with Crippen LogP contribution >= 0.6 is 0 Å². The Labute approximate surface area is 162 Å². The summed E-state index contributed by atoms with van der Waals surface area (Å²) in [7, 11) is 1.90. The number of aromatic nitrogens is 1. The van der Waals surface area contributed by atoms with Crippen LogP contribution in [0.5, 0.6) is 0 Å². The van der Waals surface area contributed by atoms with Gasteiger partial charge in [-0.1, -0.05) is 12.1 Å². The van der Waals surface area contributed by atoms with Crippen molar-refractivity contribution in [3.63, 3.8) is 0 Å². The number of benzene rings is 1. The molecule has 0 aliphatic carbocycles. The molecule has 1 amide bonds. The van der Waals surface area contributed by atoms with Gasteiger partial charge in [0.1, 0.15) is 0 Å². The standard InChI is InChI=1S/C22H30N4O/c1-18-5-4-6-21(19(18)2)26-15-13-25(14-16-26)17-22(27)24(3)12-9-20-7-10-23-11-8-20/h4-8,10-11H,9,12-17H2,1-3H3. The van der Waals surface area contributed by atoms with E-state index in [0.29, 0.717) is 6.54 Å². The summed E-state index contributed by atoms with van der Waals surface area (Å²) in [5, 5.41) is 0. The number of carbonyl (C=O) groups excluding carboxylic acids is 1. The van der Waals surface area contributed by atoms with Crippen molar-refractivity contribution in [1.29, 1.82) is 0 Å². The second kappa shape index (κ2) is 9.00. The van der Waals surface area contributed by atoms with Crippen LogP contribution in [0.3, 0.4) is 0 Å². The number of nitrogens with zero attached hydrogens (tertiary/aromatic N) is 4. The largest absolute Gasteiger partial charge is 0.369 e. The zero-order valence-electron chi connectivity index (χ0n) is 16.7. The van der Waals surface area contributed by atoms with Gasteiger partial charge in [-0.3, -0.25) is 14.7 Å². The zero-order valence-corrected chi connectivity index (χ0v) is 16.7. The molecule has 0 saturated carbocycles. The number of likely N-dealkylation sites (N-methyl/N-ethyl adjacent to an activating group) is 1. The van der Waals surface area contributed by atoms with E-state index >= 15 is 0 Å². The molecule has 1 aliphatic rings. The maximum Gasteiger partial charge on any atom is 0.236 e. The highest BCUT2D eigenvalue weighted by atomic mass is 16.2. The number of pyridine rings is 1. The topological polar surface area (TPSA) is 39.7 Å². The van der Waals surface area contributed by atoms with Crippen molar-refractivity contribution in [3.8, 4) is 0 Å². The quantitative estimate of drug-likeness (QED) is 0.788. The van der Waals surface area contributed by atoms with Crippen LogP contribution < -0.4 is 4.90 Å². The number of amides is 1. The van der Waals surface area contributed by atoms with Gasteiger partial charge in [-0.2, -0.15) is 0 Å². The van der Waals surface area contributed by atoms with Crippen LogP contribution in [0, 0.1) is 13.8 Å². The fourth-order valence-electron chi connectivity index (χ4n) is 3.51. The molecule has 1 aliphatic heterocycles. The summed E-state index contributed by atoms with van der Waals surface area (Å²) in [5.74, 6) is 0.198. The third-order valence-electron chi connectivity index (χ3n) is 5.56. The highest BCUT2D eigenvalue weighted by Crippen LogP contribution is 2.23. The lowest BCUT2D eigenvalue weighted by atomic mass is 10.1. The lowest BCUT2D eigenvalue weighted by Gasteiger charge is -2.37. The van der Waals surface area contributed by atoms with Crippen LogP contribution in [-0.2, 0) is 11.2 Å². The van der Waals surface area contributed by atoms with Crippen LogP contribution in [0.1, 0.15) is 16.7 Å². The summed E-state index contributed by atoms with van der Waals surface area (Å²) in [6.07, 6.45) is 4.46. The van der Waals surface area contributed by atoms with Gasteiger partial charge >= 0.3 is 0 Å². The minimum absolute atomic E-state index is 0.198. The Balaban J connectivity index is 1.45. The van der Waals surface area contributed by atoms with Gasteiger partial charge in [0.05, 0.1) is 6.54 Å². The van der Waals surface area contributed by atoms with Crippen molar-refractivity contribution in [2.75, 3.05) is 51.2 Å². The lowest BCUT2D eigenvalue weighted by molar-refractivity contribution is -0.131. The lowest BCUT2D eigenvalue weighted by Crippen LogP contribution is -2.50. The Hall–Kier alpha value is -2.40. The van der Waals surface area contributed by atoms with E-state index in [4.69, 9.17) is 0 Å². The molecule has 0 N–H and O–H groups in total. The van der Waals surface area contributed by atoms with E-state index < -0.39 is 0 Å². The highest BCUT2D eigenvalue weighted by Gasteiger charge is 2.21. The number of rotatable bonds is 6. The first-order valence-electron chi connectivity index (χ1n) is 9.71. The van der Waals surface area contributed by atoms with Crippen LogP contribution in [0.15, 0.2) is 42.7 Å². The average Bonchev–Trinajstić information content (AvgIpc) is 2.69. The molecule has 5 nitrogen and oxygen atoms in total. The summed E-state index contributed by atoms with van der Waals surface area (Å²) >= 11 is 0. The molecule has 1 aromatic carbocycles. The van der Waals surface area contributed by atoms with E-state index in [-0.39, 0.29) is 5.91 Å². The van der Waals surface area contributed by atoms with E-state index in [1.807, 2.05) is 24.1 Å². The Kier molecular flexibility index (Phi) is 6.45. The molecule has 0 radical (unpaired) electrons. The van der Waals surface area contributed by atoms with Crippen molar-refractivity contribution in [1.82, 2.24) is 14.8 Å². The summed E-state index contributed by atoms with van der Waals surface area (Å²) < 4.78 is 0. The monoisotopic (exact) mass is 366 g/mol. The van der Waals surface area contributed by atoms with Crippen molar-refractivity contribution in [2.24, 2.45) is 0 Å². The molecule has 1 aromatic heterocycles. The van der Waals surface area contributed by atoms with Gasteiger partial charge < -0.3 is 9.80 Å². The van der Waals surface area contributed by atoms with E-state index in [0.717, 1.165) is 39.1 Å². The van der Waals surface area contributed by atoms with E-state index in [9.17, 15) is 4.79 Å². The number of hydrogen-bond donors (Lipinski definition) is 0. The third kappa shape index (κ3) is 5.07. The molecule has 1 saturated heterocycles. The molecule has 1 fully saturated rings. The predicted octanol–water partition coefficient (Wildman–Crippen LogP) is 2.52. The molecular formula is C22H30N4O. The van der Waals surface area contributed by atoms with Crippen LogP contribution in [0.4, 0.5) is 5.69 Å². The van der Waals surface area contributed by atoms with Crippen LogP contribution in [-0.4, -0.2) is 67.0 Å². The van der Waals surface area contributed by atoms with Gasteiger partial charge in [0, 0.05) is 57.9 Å². The molecule has 0 unspecified atom stereocenters. The van der Waals surface area contributed by atoms with Crippen LogP contribution in [0.2, 0.25) is 0 Å². The fourth-order valence-corrected chi connectivity index (χ4v) is 3.51. The molecule has 0 atom stereocenters. The third-order valence-corrected chi connectivity index (χ3v) is 5.56. The molecule has 2 aromatic rings. The molecule has 0 spiro atoms. The zero-order chi connectivity index (χ0) is 19.2. The number of carbonyl (C=O) groups is 1. The van der Waals surface area contributed by atoms with Gasteiger partial charge in [0.15, 0.2) is 0 Å². The molecule has 144 valence electrons. The van der Waals surface area contributed by atoms with Gasteiger partial charge in [0.2, 0.25) is 5.91 Å². The molecule has 0 bridgehead atoms. The molecule has 5 heteroatoms. The first-order chi connectivity index (χ1) is 13.0. The fraction of sp³-hybridized carbons (Fsp3) is 0.455. The van der Waals surface area contributed by atoms with Gasteiger partial charge in [0.25, 0.3) is 0 Å². The van der Waals surface area contributed by atoms with E-state index in [1.165, 1.54) is 22.4 Å². The summed E-state index contributed by atoms with van der Waals surface area (Å²) in [6, 6.07) is 10.5. The number of hydrogen-bond acceptors (Lipinski definition) is 4. The maximum atomic E-state index is 12.5. The van der Waals surface area contributed by atoms with Gasteiger partial charge in [-0.25, -0.2) is 0 Å². The maximum absolute atomic E-state index is 12.5. The first kappa shape index (κ1) is 19.4. The summed E-state index contributed by atoms with van der Waals surface area (Å²) in [6.45, 7) is 9.40. The number of anilines is 1. The van der Waals surface area contributed by atoms with Crippen molar-refractivity contribution >= 4 is 11.6 Å². The van der Waals surface area contributed by atoms with Crippen molar-refractivity contribution in [2.45, 2.75) is 20.3 Å². The van der Waals surface area contributed by atoms with Gasteiger partial charge in [-0.15, -0.1) is 0 Å². The van der Waals surface area contributed by atoms with E-state index in [2.05, 4.69) is 46.8 Å². The Morgan fingerprint density at radius 3 is 2.48 bits per heavy atom. The first-order valence-corrected chi connectivity index (χ1v) is 9.71. The minimum Gasteiger partial charge on any atom is -0.369 e. The van der Waals surface area contributed by atoms with Crippen molar-refractivity contribution < 1.29 is 4.79 Å². The SMILES string of the molecule is Cc1cccc(N2CCN(CC(=O)N(C)CCc3ccncc3)CC2)c1C. The molecular weight excluding hydrogens is 336 g/mol. The normalized spacial score (nSPS) is 15.0. The van der Waals surface area contributed by atoms with Crippen LogP contribution in [0.25, 0.3) is 0 Å².